The largest absolute Gasteiger partial charge is 1.00 e. The predicted molar refractivity (Wildman–Crippen MR) is 226 cm³/mol. The van der Waals surface area contributed by atoms with Crippen molar-refractivity contribution in [1.82, 2.24) is 0 Å². The monoisotopic (exact) mass is 862 g/mol. The zero-order valence-corrected chi connectivity index (χ0v) is 38.9. The third kappa shape index (κ3) is 13.6. The van der Waals surface area contributed by atoms with Gasteiger partial charge >= 0.3 is 123 Å². The van der Waals surface area contributed by atoms with Crippen LogP contribution in [0.1, 0.15) is 111 Å². The van der Waals surface area contributed by atoms with Gasteiger partial charge in [0.1, 0.15) is 0 Å². The molecule has 1 atom stereocenters. The first-order valence-electron chi connectivity index (χ1n) is 18.3. The van der Waals surface area contributed by atoms with E-state index in [-0.39, 0.29) is 35.6 Å². The summed E-state index contributed by atoms with van der Waals surface area (Å²) < 4.78 is 4.66. The first-order chi connectivity index (χ1) is 23.9. The molecule has 0 aliphatic heterocycles. The molecule has 0 radical (unpaired) electrons. The van der Waals surface area contributed by atoms with Crippen LogP contribution in [-0.2, 0) is 33.1 Å². The predicted octanol–water partition coefficient (Wildman–Crippen LogP) is 8.53. The van der Waals surface area contributed by atoms with Crippen molar-refractivity contribution in [3.8, 4) is 0 Å². The van der Waals surface area contributed by atoms with Crippen molar-refractivity contribution in [1.29, 1.82) is 0 Å². The molecule has 0 saturated heterocycles. The van der Waals surface area contributed by atoms with Crippen molar-refractivity contribution >= 4 is 52.2 Å². The van der Waals surface area contributed by atoms with Crippen molar-refractivity contribution in [2.45, 2.75) is 99.8 Å². The van der Waals surface area contributed by atoms with E-state index in [1.807, 2.05) is 24.3 Å². The van der Waals surface area contributed by atoms with E-state index in [1.54, 1.807) is 0 Å². The molecule has 1 aliphatic carbocycles. The third-order valence-electron chi connectivity index (χ3n) is 9.33. The number of fused-ring (bicyclic) bond motifs is 3. The van der Waals surface area contributed by atoms with E-state index in [4.69, 9.17) is 23.2 Å². The minimum atomic E-state index is -0.623. The van der Waals surface area contributed by atoms with Gasteiger partial charge in [-0.1, -0.05) is 136 Å². The SMILES string of the molecule is CC(C)(C)c1ccc2c(c1)[cH-]c1cc(C(C)(C)C)ccc12.CCC1=[C-]C(CC)C=C1C(C)(C)C.Clc1ccc([CH]=[Zr]=[CH]c2ccc(Cl)cc2)cc1.[Cl-].[Cl-]. The third-order valence-corrected chi connectivity index (χ3v) is 12.3. The van der Waals surface area contributed by atoms with Gasteiger partial charge in [0, 0.05) is 0 Å². The summed E-state index contributed by atoms with van der Waals surface area (Å²) in [5.74, 6) is 0.573. The van der Waals surface area contributed by atoms with Gasteiger partial charge in [-0.05, 0) is 10.8 Å². The molecule has 0 aromatic heterocycles. The van der Waals surface area contributed by atoms with Crippen LogP contribution >= 0.6 is 23.2 Å². The maximum absolute atomic E-state index is 5.84. The quantitative estimate of drug-likeness (QED) is 0.159. The fraction of sp³-hybridized carbons (Fsp3) is 0.354. The molecule has 53 heavy (non-hydrogen) atoms. The average Bonchev–Trinajstić information content (AvgIpc) is 3.67. The van der Waals surface area contributed by atoms with Gasteiger partial charge in [-0.3, -0.25) is 6.08 Å². The zero-order valence-electron chi connectivity index (χ0n) is 33.4. The topological polar surface area (TPSA) is 0 Å². The van der Waals surface area contributed by atoms with Crippen LogP contribution in [-0.4, -0.2) is 7.42 Å². The molecule has 0 spiro atoms. The van der Waals surface area contributed by atoms with Crippen LogP contribution in [0, 0.1) is 17.4 Å². The summed E-state index contributed by atoms with van der Waals surface area (Å²) in [4.78, 5) is 0. The van der Waals surface area contributed by atoms with E-state index in [0.717, 1.165) is 16.5 Å². The second-order valence-electron chi connectivity index (χ2n) is 16.6. The van der Waals surface area contributed by atoms with Crippen molar-refractivity contribution in [3.05, 3.63) is 147 Å². The Morgan fingerprint density at radius 2 is 1.04 bits per heavy atom. The van der Waals surface area contributed by atoms with E-state index >= 15 is 0 Å². The van der Waals surface area contributed by atoms with E-state index < -0.39 is 22.3 Å². The Bertz CT molecular complexity index is 1930. The van der Waals surface area contributed by atoms with Crippen LogP contribution in [0.2, 0.25) is 10.0 Å². The molecule has 5 aromatic rings. The molecule has 5 heteroatoms. The summed E-state index contributed by atoms with van der Waals surface area (Å²) in [5, 5.41) is 7.05. The van der Waals surface area contributed by atoms with Crippen molar-refractivity contribution < 1.29 is 47.1 Å². The Morgan fingerprint density at radius 3 is 1.36 bits per heavy atom. The molecule has 0 heterocycles. The standard InChI is InChI=1S/C21H25.C13H21.2C7H5Cl.2ClH.Zr/c1-20(2,3)16-7-9-18-14(12-16)11-15-13-17(21(4,5)6)8-10-19(15)18;1-6-10-8-11(7-2)12(9-10)13(3,4)5;2*1-6-2-4-7(8)5-3-6;;;/h7-13H,1-6H3;9-10H,6-7H2,1-5H3;2*1-5H;2*1H;/q2*-1;;;;;/p-2. The summed E-state index contributed by atoms with van der Waals surface area (Å²) in [6.07, 6.45) is 8.28. The average molecular weight is 866 g/mol. The summed E-state index contributed by atoms with van der Waals surface area (Å²) >= 11 is 11.0. The number of benzene rings is 4. The number of halogens is 4. The van der Waals surface area contributed by atoms with Gasteiger partial charge < -0.3 is 24.8 Å². The summed E-state index contributed by atoms with van der Waals surface area (Å²) in [7, 11) is 0. The molecule has 1 unspecified atom stereocenters. The Balaban J connectivity index is 0.000000278. The van der Waals surface area contributed by atoms with Crippen LogP contribution < -0.4 is 24.8 Å². The molecule has 0 amide bonds. The molecule has 5 aromatic carbocycles. The number of hydrogen-bond acceptors (Lipinski definition) is 0. The molecule has 0 saturated carbocycles. The van der Waals surface area contributed by atoms with Gasteiger partial charge in [0.05, 0.1) is 0 Å². The molecule has 0 nitrogen and oxygen atoms in total. The number of hydrogen-bond donors (Lipinski definition) is 0. The molecule has 6 rings (SSSR count). The fourth-order valence-corrected chi connectivity index (χ4v) is 8.52. The van der Waals surface area contributed by atoms with Gasteiger partial charge in [-0.2, -0.15) is 11.6 Å². The first kappa shape index (κ1) is 47.2. The van der Waals surface area contributed by atoms with Crippen LogP contribution in [0.15, 0.2) is 108 Å². The summed E-state index contributed by atoms with van der Waals surface area (Å²) in [6.45, 7) is 24.9. The molecule has 284 valence electrons. The van der Waals surface area contributed by atoms with E-state index in [9.17, 15) is 0 Å². The molecule has 0 bridgehead atoms. The van der Waals surface area contributed by atoms with E-state index in [0.29, 0.717) is 11.3 Å². The zero-order chi connectivity index (χ0) is 37.6. The summed E-state index contributed by atoms with van der Waals surface area (Å²) in [6, 6.07) is 32.1. The normalized spacial score (nSPS) is 13.9. The smallest absolute Gasteiger partial charge is 1.00 e. The van der Waals surface area contributed by atoms with Crippen LogP contribution in [0.3, 0.4) is 0 Å². The van der Waals surface area contributed by atoms with Gasteiger partial charge in [-0.25, -0.2) is 5.57 Å². The van der Waals surface area contributed by atoms with Gasteiger partial charge in [0.15, 0.2) is 0 Å². The van der Waals surface area contributed by atoms with Gasteiger partial charge in [-0.15, -0.1) is 39.7 Å². The van der Waals surface area contributed by atoms with Crippen molar-refractivity contribution in [2.24, 2.45) is 11.3 Å². The molecular weight excluding hydrogens is 810 g/mol. The second kappa shape index (κ2) is 20.3. The van der Waals surface area contributed by atoms with E-state index in [2.05, 4.69) is 162 Å². The summed E-state index contributed by atoms with van der Waals surface area (Å²) in [5.41, 5.74) is 8.98. The van der Waals surface area contributed by atoms with Crippen LogP contribution in [0.5, 0.6) is 0 Å². The van der Waals surface area contributed by atoms with Crippen LogP contribution in [0.4, 0.5) is 0 Å². The Hall–Kier alpha value is -1.99. The van der Waals surface area contributed by atoms with E-state index in [1.165, 1.54) is 61.4 Å². The molecule has 0 N–H and O–H groups in total. The molecule has 1 aliphatic rings. The Labute approximate surface area is 354 Å². The minimum Gasteiger partial charge on any atom is -1.00 e. The molecule has 0 fully saturated rings. The fourth-order valence-electron chi connectivity index (χ4n) is 6.17. The molecular formula is C48H56Cl4Zr-4. The maximum atomic E-state index is 5.84. The minimum absolute atomic E-state index is 0. The first-order valence-corrected chi connectivity index (χ1v) is 21.9. The van der Waals surface area contributed by atoms with Crippen molar-refractivity contribution in [2.75, 3.05) is 0 Å². The van der Waals surface area contributed by atoms with Crippen molar-refractivity contribution in [3.63, 3.8) is 0 Å². The second-order valence-corrected chi connectivity index (χ2v) is 19.7. The Kier molecular flexibility index (Phi) is 18.0. The Morgan fingerprint density at radius 1 is 0.623 bits per heavy atom. The van der Waals surface area contributed by atoms with Gasteiger partial charge in [0.2, 0.25) is 0 Å². The number of allylic oxidation sites excluding steroid dienone is 4. The van der Waals surface area contributed by atoms with Gasteiger partial charge in [0.25, 0.3) is 0 Å². The maximum Gasteiger partial charge on any atom is -1.00 e. The number of rotatable bonds is 4. The van der Waals surface area contributed by atoms with Crippen LogP contribution in [0.25, 0.3) is 21.5 Å².